The molecular formula is C37H53ClN6O2S. The molecule has 1 aromatic carbocycles. The Morgan fingerprint density at radius 1 is 1.15 bits per heavy atom. The zero-order chi connectivity index (χ0) is 32.5. The Morgan fingerprint density at radius 2 is 1.98 bits per heavy atom. The summed E-state index contributed by atoms with van der Waals surface area (Å²) in [6.07, 6.45) is 16.3. The van der Waals surface area contributed by atoms with Gasteiger partial charge in [0.05, 0.1) is 31.3 Å². The number of likely N-dealkylation sites (N-methyl/N-ethyl adjacent to an activating group) is 1. The van der Waals surface area contributed by atoms with Crippen molar-refractivity contribution in [1.29, 1.82) is 5.26 Å². The Morgan fingerprint density at radius 3 is 2.72 bits per heavy atom. The van der Waals surface area contributed by atoms with Gasteiger partial charge in [0.2, 0.25) is 5.91 Å². The summed E-state index contributed by atoms with van der Waals surface area (Å²) >= 11 is 8.51. The summed E-state index contributed by atoms with van der Waals surface area (Å²) in [6, 6.07) is 9.94. The van der Waals surface area contributed by atoms with Crippen molar-refractivity contribution in [3.05, 3.63) is 41.4 Å². The fraction of sp³-hybridized carbons (Fsp3) is 0.730. The lowest BCUT2D eigenvalue weighted by atomic mass is 9.72. The number of rotatable bonds is 7. The molecule has 4 heterocycles. The van der Waals surface area contributed by atoms with Gasteiger partial charge < -0.3 is 14.5 Å². The van der Waals surface area contributed by atoms with Crippen LogP contribution in [0.5, 0.6) is 0 Å². The number of halogens is 1. The number of nitrogens with one attached hydrogen (secondary N) is 1. The molecule has 256 valence electrons. The lowest BCUT2D eigenvalue weighted by molar-refractivity contribution is -0.214. The second-order valence-corrected chi connectivity index (χ2v) is 17.1. The van der Waals surface area contributed by atoms with E-state index in [-0.39, 0.29) is 29.2 Å². The quantitative estimate of drug-likeness (QED) is 0.284. The standard InChI is InChI=1S/C37H53ClN6O2S/c1-3-34(45)43-20-19-42(24-29(43)15-17-39)35-31-14-16-37(22-26-12-13-27(38)21-33(26)47-37)23-32(31)40-36(46-25-30-11-8-18-41(30)2)44(35)28-9-6-4-5-7-10-28/h3,12-13,21,28-32,35-36,40H,1,4-11,14-16,18-20,22-25H2,2H3/t29?,30?,31?,32?,35?,36?,37-/m1/s1. The summed E-state index contributed by atoms with van der Waals surface area (Å²) < 4.78 is 7.26. The summed E-state index contributed by atoms with van der Waals surface area (Å²) in [4.78, 5) is 24.0. The smallest absolute Gasteiger partial charge is 0.246 e. The first-order chi connectivity index (χ1) is 22.9. The number of thioether (sulfide) groups is 1. The molecule has 1 N–H and O–H groups in total. The number of ether oxygens (including phenoxy) is 1. The fourth-order valence-corrected chi connectivity index (χ4v) is 11.7. The van der Waals surface area contributed by atoms with E-state index in [0.29, 0.717) is 43.6 Å². The minimum Gasteiger partial charge on any atom is -0.348 e. The van der Waals surface area contributed by atoms with Gasteiger partial charge in [0.25, 0.3) is 0 Å². The molecule has 47 heavy (non-hydrogen) atoms. The number of hydrogen-bond acceptors (Lipinski definition) is 8. The number of carbonyl (C=O) groups excluding carboxylic acids is 1. The number of carbonyl (C=O) groups is 1. The Kier molecular flexibility index (Phi) is 10.6. The van der Waals surface area contributed by atoms with Gasteiger partial charge in [-0.15, -0.1) is 11.8 Å². The number of likely N-dealkylation sites (tertiary alicyclic amines) is 1. The van der Waals surface area contributed by atoms with Crippen molar-refractivity contribution in [3.8, 4) is 6.07 Å². The van der Waals surface area contributed by atoms with E-state index in [9.17, 15) is 10.1 Å². The van der Waals surface area contributed by atoms with Crippen LogP contribution >= 0.6 is 23.4 Å². The minimum absolute atomic E-state index is 0.0619. The van der Waals surface area contributed by atoms with Crippen LogP contribution < -0.4 is 5.32 Å². The second-order valence-electron chi connectivity index (χ2n) is 15.1. The van der Waals surface area contributed by atoms with Gasteiger partial charge in [-0.3, -0.25) is 15.0 Å². The molecular weight excluding hydrogens is 628 g/mol. The lowest BCUT2D eigenvalue weighted by Gasteiger charge is -2.60. The number of hydrogen-bond donors (Lipinski definition) is 1. The molecule has 7 rings (SSSR count). The van der Waals surface area contributed by atoms with Crippen molar-refractivity contribution < 1.29 is 9.53 Å². The minimum atomic E-state index is -0.154. The number of piperazine rings is 1. The van der Waals surface area contributed by atoms with Crippen LogP contribution in [-0.2, 0) is 16.0 Å². The average Bonchev–Trinajstić information content (AvgIpc) is 3.52. The Labute approximate surface area is 291 Å². The molecule has 1 spiro atoms. The van der Waals surface area contributed by atoms with Crippen molar-refractivity contribution >= 4 is 29.3 Å². The molecule has 2 aliphatic carbocycles. The predicted octanol–water partition coefficient (Wildman–Crippen LogP) is 5.86. The van der Waals surface area contributed by atoms with Crippen molar-refractivity contribution in [2.45, 2.75) is 130 Å². The third-order valence-corrected chi connectivity index (χ3v) is 14.0. The highest BCUT2D eigenvalue weighted by Gasteiger charge is 2.55. The average molecular weight is 681 g/mol. The molecule has 2 saturated carbocycles. The maximum Gasteiger partial charge on any atom is 0.246 e. The third-order valence-electron chi connectivity index (χ3n) is 12.3. The molecule has 6 aliphatic rings. The molecule has 10 heteroatoms. The second kappa shape index (κ2) is 14.7. The first-order valence-electron chi connectivity index (χ1n) is 18.2. The SMILES string of the molecule is C=CC(=O)N1CCN(C2C3CC[C@@]4(Cc5ccc(Cl)cc5S4)CC3NC(OCC3CCCN3C)N2C2CCCCCC2)CC1CC#N. The van der Waals surface area contributed by atoms with Crippen molar-refractivity contribution in [2.75, 3.05) is 39.8 Å². The molecule has 4 aliphatic heterocycles. The molecule has 0 aromatic heterocycles. The van der Waals surface area contributed by atoms with Crippen LogP contribution in [0.3, 0.4) is 0 Å². The number of fused-ring (bicyclic) bond motifs is 2. The topological polar surface area (TPSA) is 75.1 Å². The molecule has 0 radical (unpaired) electrons. The Balaban J connectivity index is 1.21. The van der Waals surface area contributed by atoms with Gasteiger partial charge in [0, 0.05) is 58.3 Å². The molecule has 6 unspecified atom stereocenters. The van der Waals surface area contributed by atoms with Gasteiger partial charge in [-0.1, -0.05) is 49.9 Å². The summed E-state index contributed by atoms with van der Waals surface area (Å²) in [5.41, 5.74) is 1.43. The highest BCUT2D eigenvalue weighted by Crippen LogP contribution is 2.55. The number of benzene rings is 1. The van der Waals surface area contributed by atoms with E-state index in [1.807, 2.05) is 11.0 Å². The largest absolute Gasteiger partial charge is 0.348 e. The summed E-state index contributed by atoms with van der Waals surface area (Å²) in [6.45, 7) is 7.80. The predicted molar refractivity (Wildman–Crippen MR) is 188 cm³/mol. The van der Waals surface area contributed by atoms with Crippen LogP contribution in [0.15, 0.2) is 35.7 Å². The van der Waals surface area contributed by atoms with Gasteiger partial charge in [0.15, 0.2) is 6.35 Å². The normalized spacial score (nSPS) is 35.7. The van der Waals surface area contributed by atoms with Gasteiger partial charge >= 0.3 is 0 Å². The Bertz CT molecular complexity index is 1330. The summed E-state index contributed by atoms with van der Waals surface area (Å²) in [5, 5.41) is 14.8. The van der Waals surface area contributed by atoms with E-state index in [4.69, 9.17) is 16.3 Å². The van der Waals surface area contributed by atoms with E-state index in [1.54, 1.807) is 0 Å². The number of nitriles is 1. The fourth-order valence-electron chi connectivity index (χ4n) is 9.85. The number of nitrogens with zero attached hydrogens (tertiary/aromatic N) is 5. The van der Waals surface area contributed by atoms with Crippen LogP contribution in [0, 0.1) is 17.2 Å². The summed E-state index contributed by atoms with van der Waals surface area (Å²) in [7, 11) is 2.24. The Hall–Kier alpha value is -1.64. The maximum atomic E-state index is 12.9. The molecule has 3 saturated heterocycles. The van der Waals surface area contributed by atoms with E-state index in [0.717, 1.165) is 44.0 Å². The maximum absolute atomic E-state index is 12.9. The van der Waals surface area contributed by atoms with Gasteiger partial charge in [-0.2, -0.15) is 5.26 Å². The highest BCUT2D eigenvalue weighted by molar-refractivity contribution is 8.01. The van der Waals surface area contributed by atoms with Crippen LogP contribution in [0.1, 0.15) is 82.6 Å². The van der Waals surface area contributed by atoms with Crippen molar-refractivity contribution in [3.63, 3.8) is 0 Å². The van der Waals surface area contributed by atoms with Crippen molar-refractivity contribution in [2.24, 2.45) is 5.92 Å². The molecule has 7 atom stereocenters. The number of amides is 1. The molecule has 8 nitrogen and oxygen atoms in total. The van der Waals surface area contributed by atoms with E-state index in [1.165, 1.54) is 74.3 Å². The van der Waals surface area contributed by atoms with Crippen LogP contribution in [0.25, 0.3) is 0 Å². The first-order valence-corrected chi connectivity index (χ1v) is 19.4. The molecule has 1 amide bonds. The first kappa shape index (κ1) is 33.8. The monoisotopic (exact) mass is 680 g/mol. The zero-order valence-electron chi connectivity index (χ0n) is 28.1. The van der Waals surface area contributed by atoms with Gasteiger partial charge in [-0.25, -0.2) is 4.90 Å². The van der Waals surface area contributed by atoms with Gasteiger partial charge in [-0.05, 0) is 88.7 Å². The summed E-state index contributed by atoms with van der Waals surface area (Å²) in [5.74, 6) is 0.378. The van der Waals surface area contributed by atoms with E-state index in [2.05, 4.69) is 63.6 Å². The zero-order valence-corrected chi connectivity index (χ0v) is 29.7. The van der Waals surface area contributed by atoms with Crippen LogP contribution in [0.2, 0.25) is 5.02 Å². The van der Waals surface area contributed by atoms with E-state index >= 15 is 0 Å². The molecule has 5 fully saturated rings. The van der Waals surface area contributed by atoms with Crippen LogP contribution in [-0.4, -0.2) is 107 Å². The van der Waals surface area contributed by atoms with Gasteiger partial charge in [0.1, 0.15) is 0 Å². The van der Waals surface area contributed by atoms with E-state index < -0.39 is 0 Å². The van der Waals surface area contributed by atoms with Crippen molar-refractivity contribution in [1.82, 2.24) is 24.9 Å². The van der Waals surface area contributed by atoms with Crippen LogP contribution in [0.4, 0.5) is 0 Å². The third kappa shape index (κ3) is 7.04. The molecule has 1 aromatic rings. The highest BCUT2D eigenvalue weighted by atomic mass is 35.5. The lowest BCUT2D eigenvalue weighted by Crippen LogP contribution is -2.75. The molecule has 0 bridgehead atoms.